The third-order valence-corrected chi connectivity index (χ3v) is 2.93. The van der Waals surface area contributed by atoms with Gasteiger partial charge in [-0.15, -0.1) is 0 Å². The van der Waals surface area contributed by atoms with Crippen LogP contribution in [-0.2, 0) is 0 Å². The molecule has 2 rings (SSSR count). The summed E-state index contributed by atoms with van der Waals surface area (Å²) < 4.78 is 0. The molecule has 3 heteroatoms. The molecule has 1 saturated carbocycles. The molecule has 15 heavy (non-hydrogen) atoms. The highest BCUT2D eigenvalue weighted by Gasteiger charge is 2.23. The van der Waals surface area contributed by atoms with Crippen LogP contribution in [0.5, 0.6) is 0 Å². The fraction of sp³-hybridized carbons (Fsp3) is 0.583. The van der Waals surface area contributed by atoms with E-state index in [1.807, 2.05) is 13.0 Å². The van der Waals surface area contributed by atoms with Crippen molar-refractivity contribution >= 4 is 11.5 Å². The molecule has 1 aromatic heterocycles. The van der Waals surface area contributed by atoms with Crippen molar-refractivity contribution in [2.75, 3.05) is 11.1 Å². The minimum atomic E-state index is 0.507. The second kappa shape index (κ2) is 4.09. The Bertz CT molecular complexity index is 345. The summed E-state index contributed by atoms with van der Waals surface area (Å²) in [4.78, 5) is 4.27. The molecule has 0 saturated heterocycles. The van der Waals surface area contributed by atoms with Gasteiger partial charge in [0.05, 0.1) is 11.9 Å². The van der Waals surface area contributed by atoms with Crippen LogP contribution in [0.15, 0.2) is 12.3 Å². The van der Waals surface area contributed by atoms with E-state index < -0.39 is 0 Å². The monoisotopic (exact) mass is 205 g/mol. The molecule has 0 radical (unpaired) electrons. The van der Waals surface area contributed by atoms with Crippen LogP contribution in [-0.4, -0.2) is 11.0 Å². The van der Waals surface area contributed by atoms with E-state index in [9.17, 15) is 0 Å². The van der Waals surface area contributed by atoms with E-state index in [0.717, 1.165) is 23.0 Å². The Balaban J connectivity index is 1.93. The first-order valence-electron chi connectivity index (χ1n) is 5.64. The minimum Gasteiger partial charge on any atom is -0.397 e. The van der Waals surface area contributed by atoms with Crippen LogP contribution in [0.4, 0.5) is 11.5 Å². The fourth-order valence-electron chi connectivity index (χ4n) is 1.81. The maximum absolute atomic E-state index is 5.72. The average Bonchev–Trinajstić information content (AvgIpc) is 2.95. The zero-order valence-corrected chi connectivity index (χ0v) is 9.46. The number of nitrogen functional groups attached to an aromatic ring is 1. The van der Waals surface area contributed by atoms with Crippen molar-refractivity contribution in [2.24, 2.45) is 5.92 Å². The summed E-state index contributed by atoms with van der Waals surface area (Å²) in [6.45, 7) is 4.22. The van der Waals surface area contributed by atoms with Crippen molar-refractivity contribution < 1.29 is 0 Å². The second-order valence-electron chi connectivity index (χ2n) is 4.65. The molecule has 0 aromatic carbocycles. The highest BCUT2D eigenvalue weighted by molar-refractivity contribution is 5.51. The molecule has 1 unspecified atom stereocenters. The summed E-state index contributed by atoms with van der Waals surface area (Å²) >= 11 is 0. The van der Waals surface area contributed by atoms with Crippen molar-refractivity contribution in [3.05, 3.63) is 17.8 Å². The lowest BCUT2D eigenvalue weighted by Gasteiger charge is -2.14. The minimum absolute atomic E-state index is 0.507. The Morgan fingerprint density at radius 3 is 2.93 bits per heavy atom. The van der Waals surface area contributed by atoms with Crippen molar-refractivity contribution in [1.29, 1.82) is 0 Å². The topological polar surface area (TPSA) is 50.9 Å². The molecule has 1 aliphatic carbocycles. The third kappa shape index (κ3) is 2.85. The number of aromatic nitrogens is 1. The van der Waals surface area contributed by atoms with Gasteiger partial charge in [0.25, 0.3) is 0 Å². The van der Waals surface area contributed by atoms with Gasteiger partial charge in [0.1, 0.15) is 5.82 Å². The maximum Gasteiger partial charge on any atom is 0.126 e. The quantitative estimate of drug-likeness (QED) is 0.794. The highest BCUT2D eigenvalue weighted by atomic mass is 15.0. The number of hydrogen-bond donors (Lipinski definition) is 2. The molecule has 1 aromatic rings. The SMILES string of the molecule is Cc1cc(NC(C)CC2CC2)ncc1N. The first-order chi connectivity index (χ1) is 7.15. The molecule has 3 nitrogen and oxygen atoms in total. The molecule has 1 fully saturated rings. The molecule has 3 N–H and O–H groups in total. The van der Waals surface area contributed by atoms with Crippen LogP contribution in [0.3, 0.4) is 0 Å². The molecule has 82 valence electrons. The predicted octanol–water partition coefficient (Wildman–Crippen LogP) is 2.57. The van der Waals surface area contributed by atoms with Crippen LogP contribution >= 0.6 is 0 Å². The predicted molar refractivity (Wildman–Crippen MR) is 63.8 cm³/mol. The summed E-state index contributed by atoms with van der Waals surface area (Å²) in [6.07, 6.45) is 5.78. The third-order valence-electron chi connectivity index (χ3n) is 2.93. The van der Waals surface area contributed by atoms with E-state index >= 15 is 0 Å². The summed E-state index contributed by atoms with van der Waals surface area (Å²) in [6, 6.07) is 2.52. The van der Waals surface area contributed by atoms with Crippen molar-refractivity contribution in [3.63, 3.8) is 0 Å². The molecule has 0 amide bonds. The summed E-state index contributed by atoms with van der Waals surface area (Å²) in [5, 5.41) is 3.41. The zero-order chi connectivity index (χ0) is 10.8. The van der Waals surface area contributed by atoms with Gasteiger partial charge in [0, 0.05) is 6.04 Å². The second-order valence-corrected chi connectivity index (χ2v) is 4.65. The van der Waals surface area contributed by atoms with E-state index in [1.54, 1.807) is 6.20 Å². The van der Waals surface area contributed by atoms with Gasteiger partial charge < -0.3 is 11.1 Å². The van der Waals surface area contributed by atoms with Gasteiger partial charge in [0.2, 0.25) is 0 Å². The molecule has 0 spiro atoms. The van der Waals surface area contributed by atoms with Crippen LogP contribution in [0.25, 0.3) is 0 Å². The maximum atomic E-state index is 5.72. The smallest absolute Gasteiger partial charge is 0.126 e. The fourth-order valence-corrected chi connectivity index (χ4v) is 1.81. The van der Waals surface area contributed by atoms with E-state index in [4.69, 9.17) is 5.73 Å². The van der Waals surface area contributed by atoms with Gasteiger partial charge >= 0.3 is 0 Å². The van der Waals surface area contributed by atoms with Crippen LogP contribution in [0.1, 0.15) is 31.7 Å². The van der Waals surface area contributed by atoms with Gasteiger partial charge in [-0.25, -0.2) is 4.98 Å². The Morgan fingerprint density at radius 1 is 1.60 bits per heavy atom. The Kier molecular flexibility index (Phi) is 2.80. The number of anilines is 2. The van der Waals surface area contributed by atoms with Crippen molar-refractivity contribution in [2.45, 2.75) is 39.2 Å². The van der Waals surface area contributed by atoms with E-state index in [1.165, 1.54) is 19.3 Å². The van der Waals surface area contributed by atoms with Crippen molar-refractivity contribution in [3.8, 4) is 0 Å². The Hall–Kier alpha value is -1.25. The first kappa shape index (κ1) is 10.3. The molecule has 1 atom stereocenters. The molecular formula is C12H19N3. The lowest BCUT2D eigenvalue weighted by atomic mass is 10.1. The molecule has 0 aliphatic heterocycles. The van der Waals surface area contributed by atoms with E-state index in [0.29, 0.717) is 6.04 Å². The normalized spacial score (nSPS) is 17.5. The van der Waals surface area contributed by atoms with Crippen LogP contribution in [0.2, 0.25) is 0 Å². The average molecular weight is 205 g/mol. The summed E-state index contributed by atoms with van der Waals surface area (Å²) in [7, 11) is 0. The number of hydrogen-bond acceptors (Lipinski definition) is 3. The summed E-state index contributed by atoms with van der Waals surface area (Å²) in [5.74, 6) is 1.89. The number of nitrogens with one attached hydrogen (secondary N) is 1. The Morgan fingerprint density at radius 2 is 2.33 bits per heavy atom. The van der Waals surface area contributed by atoms with Gasteiger partial charge in [-0.1, -0.05) is 12.8 Å². The van der Waals surface area contributed by atoms with E-state index in [-0.39, 0.29) is 0 Å². The molecular weight excluding hydrogens is 186 g/mol. The largest absolute Gasteiger partial charge is 0.397 e. The van der Waals surface area contributed by atoms with Gasteiger partial charge in [-0.2, -0.15) is 0 Å². The Labute approximate surface area is 91.1 Å². The number of aryl methyl sites for hydroxylation is 1. The van der Waals surface area contributed by atoms with Gasteiger partial charge in [0.15, 0.2) is 0 Å². The van der Waals surface area contributed by atoms with Gasteiger partial charge in [-0.3, -0.25) is 0 Å². The van der Waals surface area contributed by atoms with E-state index in [2.05, 4.69) is 17.2 Å². The molecule has 1 aliphatic rings. The van der Waals surface area contributed by atoms with Crippen molar-refractivity contribution in [1.82, 2.24) is 4.98 Å². The van der Waals surface area contributed by atoms with Crippen LogP contribution in [0, 0.1) is 12.8 Å². The molecule has 0 bridgehead atoms. The zero-order valence-electron chi connectivity index (χ0n) is 9.46. The number of rotatable bonds is 4. The number of nitrogens with two attached hydrogens (primary N) is 1. The molecule has 1 heterocycles. The lowest BCUT2D eigenvalue weighted by Crippen LogP contribution is -2.16. The standard InChI is InChI=1S/C12H19N3/c1-8-5-12(14-7-11(8)13)15-9(2)6-10-3-4-10/h5,7,9-10H,3-4,6,13H2,1-2H3,(H,14,15). The lowest BCUT2D eigenvalue weighted by molar-refractivity contribution is 0.640. The summed E-state index contributed by atoms with van der Waals surface area (Å²) in [5.41, 5.74) is 7.57. The number of pyridine rings is 1. The number of nitrogens with zero attached hydrogens (tertiary/aromatic N) is 1. The van der Waals surface area contributed by atoms with Gasteiger partial charge in [-0.05, 0) is 37.8 Å². The van der Waals surface area contributed by atoms with Crippen LogP contribution < -0.4 is 11.1 Å². The first-order valence-corrected chi connectivity index (χ1v) is 5.64. The highest BCUT2D eigenvalue weighted by Crippen LogP contribution is 2.34.